The Morgan fingerprint density at radius 3 is 2.62 bits per heavy atom. The number of ketones is 1. The van der Waals surface area contributed by atoms with Crippen LogP contribution >= 0.6 is 11.6 Å². The smallest absolute Gasteiger partial charge is 0.255 e. The SMILES string of the molecule is COc1cc(C(=O)Nc2cccc(C(=O)c3ccc4c(/C=C/c5ccccn5)n[nH]c4c3)c2)cc(Cl)n1. The molecular weight excluding hydrogens is 490 g/mol. The number of H-pyrrole nitrogens is 1. The average Bonchev–Trinajstić information content (AvgIpc) is 3.34. The molecule has 0 aliphatic carbocycles. The van der Waals surface area contributed by atoms with Gasteiger partial charge in [0.15, 0.2) is 5.78 Å². The van der Waals surface area contributed by atoms with Gasteiger partial charge >= 0.3 is 0 Å². The third kappa shape index (κ3) is 5.39. The molecule has 2 N–H and O–H groups in total. The van der Waals surface area contributed by atoms with E-state index in [4.69, 9.17) is 16.3 Å². The van der Waals surface area contributed by atoms with Crippen molar-refractivity contribution in [3.8, 4) is 5.88 Å². The maximum Gasteiger partial charge on any atom is 0.255 e. The lowest BCUT2D eigenvalue weighted by Gasteiger charge is -2.09. The van der Waals surface area contributed by atoms with Gasteiger partial charge < -0.3 is 10.1 Å². The van der Waals surface area contributed by atoms with Gasteiger partial charge in [-0.1, -0.05) is 35.9 Å². The third-order valence-electron chi connectivity index (χ3n) is 5.58. The largest absolute Gasteiger partial charge is 0.481 e. The summed E-state index contributed by atoms with van der Waals surface area (Å²) in [6, 6.07) is 20.7. The van der Waals surface area contributed by atoms with Gasteiger partial charge in [-0.3, -0.25) is 19.7 Å². The second kappa shape index (κ2) is 10.4. The van der Waals surface area contributed by atoms with E-state index in [0.717, 1.165) is 22.3 Å². The van der Waals surface area contributed by atoms with E-state index in [9.17, 15) is 9.59 Å². The van der Waals surface area contributed by atoms with Gasteiger partial charge in [0.2, 0.25) is 5.88 Å². The number of carbonyl (C=O) groups excluding carboxylic acids is 2. The summed E-state index contributed by atoms with van der Waals surface area (Å²) < 4.78 is 5.07. The van der Waals surface area contributed by atoms with E-state index < -0.39 is 5.91 Å². The summed E-state index contributed by atoms with van der Waals surface area (Å²) in [6.07, 6.45) is 5.48. The van der Waals surface area contributed by atoms with Crippen molar-refractivity contribution in [3.63, 3.8) is 0 Å². The number of hydrogen-bond donors (Lipinski definition) is 2. The topological polar surface area (TPSA) is 110 Å². The molecule has 2 aromatic carbocycles. The maximum atomic E-state index is 13.2. The zero-order valence-electron chi connectivity index (χ0n) is 19.6. The van der Waals surface area contributed by atoms with Crippen LogP contribution in [0.25, 0.3) is 23.1 Å². The van der Waals surface area contributed by atoms with Crippen molar-refractivity contribution in [1.82, 2.24) is 20.2 Å². The van der Waals surface area contributed by atoms with Crippen LogP contribution in [-0.2, 0) is 0 Å². The fourth-order valence-electron chi connectivity index (χ4n) is 3.76. The van der Waals surface area contributed by atoms with Crippen LogP contribution in [-0.4, -0.2) is 39.0 Å². The van der Waals surface area contributed by atoms with Crippen LogP contribution in [0.1, 0.15) is 37.7 Å². The Hall–Kier alpha value is -4.82. The van der Waals surface area contributed by atoms with E-state index in [1.807, 2.05) is 36.4 Å². The van der Waals surface area contributed by atoms with Crippen LogP contribution in [0.3, 0.4) is 0 Å². The van der Waals surface area contributed by atoms with Gasteiger partial charge in [-0.05, 0) is 54.6 Å². The van der Waals surface area contributed by atoms with Crippen LogP contribution in [0.15, 0.2) is 79.0 Å². The number of methoxy groups -OCH3 is 1. The predicted molar refractivity (Wildman–Crippen MR) is 143 cm³/mol. The zero-order valence-corrected chi connectivity index (χ0v) is 20.4. The first-order chi connectivity index (χ1) is 18.0. The highest BCUT2D eigenvalue weighted by atomic mass is 35.5. The number of fused-ring (bicyclic) bond motifs is 1. The molecule has 0 radical (unpaired) electrons. The quantitative estimate of drug-likeness (QED) is 0.216. The summed E-state index contributed by atoms with van der Waals surface area (Å²) in [5, 5.41) is 11.1. The molecule has 37 heavy (non-hydrogen) atoms. The minimum atomic E-state index is -0.405. The number of rotatable bonds is 7. The number of nitrogens with one attached hydrogen (secondary N) is 2. The summed E-state index contributed by atoms with van der Waals surface area (Å²) in [5.41, 5.74) is 3.97. The molecule has 0 unspecified atom stereocenters. The van der Waals surface area contributed by atoms with E-state index in [0.29, 0.717) is 16.8 Å². The molecule has 0 aliphatic rings. The number of ether oxygens (including phenoxy) is 1. The van der Waals surface area contributed by atoms with E-state index in [2.05, 4.69) is 25.5 Å². The Bertz CT molecular complexity index is 1650. The van der Waals surface area contributed by atoms with Gasteiger partial charge in [-0.15, -0.1) is 0 Å². The molecule has 5 aromatic rings. The number of pyridine rings is 2. The van der Waals surface area contributed by atoms with E-state index >= 15 is 0 Å². The highest BCUT2D eigenvalue weighted by molar-refractivity contribution is 6.30. The summed E-state index contributed by atoms with van der Waals surface area (Å²) >= 11 is 5.97. The highest BCUT2D eigenvalue weighted by Gasteiger charge is 2.14. The van der Waals surface area contributed by atoms with Gasteiger partial charge in [0, 0.05) is 40.0 Å². The van der Waals surface area contributed by atoms with Crippen molar-refractivity contribution in [2.45, 2.75) is 0 Å². The standard InChI is InChI=1S/C28H20ClN5O3/c1-37-26-16-19(15-25(29)32-26)28(36)31-21-7-4-5-17(13-21)27(35)18-8-10-22-23(33-34-24(22)14-18)11-9-20-6-2-3-12-30-20/h2-16H,1H3,(H,31,36)(H,33,34)/b11-9+. The minimum Gasteiger partial charge on any atom is -0.481 e. The molecule has 3 heterocycles. The number of nitrogens with zero attached hydrogens (tertiary/aromatic N) is 3. The average molecular weight is 510 g/mol. The third-order valence-corrected chi connectivity index (χ3v) is 5.77. The fraction of sp³-hybridized carbons (Fsp3) is 0.0357. The lowest BCUT2D eigenvalue weighted by atomic mass is 10.0. The Morgan fingerprint density at radius 2 is 1.81 bits per heavy atom. The lowest BCUT2D eigenvalue weighted by Crippen LogP contribution is -2.13. The van der Waals surface area contributed by atoms with Gasteiger partial charge in [0.05, 0.1) is 24.0 Å². The van der Waals surface area contributed by atoms with Crippen LogP contribution in [0.5, 0.6) is 5.88 Å². The maximum absolute atomic E-state index is 13.2. The highest BCUT2D eigenvalue weighted by Crippen LogP contribution is 2.23. The van der Waals surface area contributed by atoms with Crippen LogP contribution in [0.2, 0.25) is 5.15 Å². The molecule has 9 heteroatoms. The minimum absolute atomic E-state index is 0.137. The number of amides is 1. The second-order valence-corrected chi connectivity index (χ2v) is 8.43. The molecule has 182 valence electrons. The van der Waals surface area contributed by atoms with Crippen molar-refractivity contribution in [2.24, 2.45) is 0 Å². The molecule has 0 bridgehead atoms. The lowest BCUT2D eigenvalue weighted by molar-refractivity contribution is 0.102. The number of hydrogen-bond acceptors (Lipinski definition) is 6. The van der Waals surface area contributed by atoms with E-state index in [-0.39, 0.29) is 22.4 Å². The molecule has 5 rings (SSSR count). The molecular formula is C28H20ClN5O3. The predicted octanol–water partition coefficient (Wildman–Crippen LogP) is 5.67. The number of anilines is 1. The molecule has 1 amide bonds. The summed E-state index contributed by atoms with van der Waals surface area (Å²) in [6.45, 7) is 0. The Balaban J connectivity index is 1.35. The molecule has 0 saturated carbocycles. The number of aromatic amines is 1. The first-order valence-electron chi connectivity index (χ1n) is 11.2. The Kier molecular flexibility index (Phi) is 6.74. The van der Waals surface area contributed by atoms with Crippen molar-refractivity contribution in [1.29, 1.82) is 0 Å². The first-order valence-corrected chi connectivity index (χ1v) is 11.6. The molecule has 3 aromatic heterocycles. The molecule has 0 atom stereocenters. The molecule has 0 fully saturated rings. The summed E-state index contributed by atoms with van der Waals surface area (Å²) in [5.74, 6) is -0.365. The van der Waals surface area contributed by atoms with Gasteiger partial charge in [-0.25, -0.2) is 4.98 Å². The molecule has 0 saturated heterocycles. The van der Waals surface area contributed by atoms with E-state index in [1.165, 1.54) is 19.2 Å². The van der Waals surface area contributed by atoms with Crippen molar-refractivity contribution in [2.75, 3.05) is 12.4 Å². The second-order valence-electron chi connectivity index (χ2n) is 8.04. The zero-order chi connectivity index (χ0) is 25.8. The molecule has 0 spiro atoms. The number of halogens is 1. The van der Waals surface area contributed by atoms with Crippen molar-refractivity contribution in [3.05, 3.63) is 112 Å². The monoisotopic (exact) mass is 509 g/mol. The van der Waals surface area contributed by atoms with Crippen LogP contribution in [0.4, 0.5) is 5.69 Å². The normalized spacial score (nSPS) is 11.1. The fourth-order valence-corrected chi connectivity index (χ4v) is 3.97. The van der Waals surface area contributed by atoms with Gasteiger partial charge in [0.1, 0.15) is 5.15 Å². The van der Waals surface area contributed by atoms with Crippen LogP contribution < -0.4 is 10.1 Å². The molecule has 8 nitrogen and oxygen atoms in total. The van der Waals surface area contributed by atoms with Crippen molar-refractivity contribution < 1.29 is 14.3 Å². The van der Waals surface area contributed by atoms with Gasteiger partial charge in [0.25, 0.3) is 5.91 Å². The summed E-state index contributed by atoms with van der Waals surface area (Å²) in [7, 11) is 1.44. The van der Waals surface area contributed by atoms with Gasteiger partial charge in [-0.2, -0.15) is 5.10 Å². The Labute approximate surface area is 217 Å². The Morgan fingerprint density at radius 1 is 0.946 bits per heavy atom. The molecule has 0 aliphatic heterocycles. The van der Waals surface area contributed by atoms with E-state index in [1.54, 1.807) is 42.6 Å². The number of benzene rings is 2. The van der Waals surface area contributed by atoms with Crippen LogP contribution in [0, 0.1) is 0 Å². The van der Waals surface area contributed by atoms with Crippen molar-refractivity contribution >= 4 is 52.0 Å². The first kappa shape index (κ1) is 23.9. The summed E-state index contributed by atoms with van der Waals surface area (Å²) in [4.78, 5) is 34.2. The number of aromatic nitrogens is 4. The number of carbonyl (C=O) groups is 2.